The molecule has 0 nitrogen and oxygen atoms in total. The van der Waals surface area contributed by atoms with Crippen LogP contribution in [0.3, 0.4) is 0 Å². The van der Waals surface area contributed by atoms with Crippen molar-refractivity contribution in [2.75, 3.05) is 0 Å². The Morgan fingerprint density at radius 1 is 0.439 bits per heavy atom. The molecule has 4 aliphatic carbocycles. The average Bonchev–Trinajstić information content (AvgIpc) is 3.59. The first-order valence-electron chi connectivity index (χ1n) is 15.0. The maximum atomic E-state index is 4.46. The first-order chi connectivity index (χ1) is 19.7. The maximum Gasteiger partial charge on any atom is 0.0486 e. The van der Waals surface area contributed by atoms with Crippen LogP contribution < -0.4 is 0 Å². The van der Waals surface area contributed by atoms with E-state index in [1.807, 2.05) is 0 Å². The summed E-state index contributed by atoms with van der Waals surface area (Å²) in [5.41, 5.74) is 17.2. The molecule has 0 saturated carbocycles. The Labute approximate surface area is 251 Å². The first-order valence-corrected chi connectivity index (χ1v) is 15.8. The van der Waals surface area contributed by atoms with Gasteiger partial charge in [0.1, 0.15) is 0 Å². The Balaban J connectivity index is 1.46. The van der Waals surface area contributed by atoms with E-state index in [1.165, 1.54) is 71.2 Å². The molecule has 9 rings (SSSR count). The van der Waals surface area contributed by atoms with Crippen LogP contribution in [-0.2, 0) is 21.7 Å². The molecule has 0 N–H and O–H groups in total. The summed E-state index contributed by atoms with van der Waals surface area (Å²) in [6.45, 7) is 9.89. The molecule has 0 aromatic heterocycles. The minimum atomic E-state index is -0.175. The highest BCUT2D eigenvalue weighted by molar-refractivity contribution is 9.10. The Kier molecular flexibility index (Phi) is 4.43. The molecule has 0 amide bonds. The highest BCUT2D eigenvalue weighted by Gasteiger charge is 2.60. The number of hydrogen-bond donors (Lipinski definition) is 0. The molecular formula is C40H33Br. The Morgan fingerprint density at radius 3 is 1.05 bits per heavy atom. The number of halogens is 1. The van der Waals surface area contributed by atoms with Crippen molar-refractivity contribution in [2.24, 2.45) is 0 Å². The number of rotatable bonds is 0. The fourth-order valence-corrected chi connectivity index (χ4v) is 10.9. The zero-order chi connectivity index (χ0) is 27.9. The van der Waals surface area contributed by atoms with Crippen LogP contribution in [0.15, 0.2) is 108 Å². The lowest BCUT2D eigenvalue weighted by atomic mass is 9.69. The van der Waals surface area contributed by atoms with E-state index in [9.17, 15) is 0 Å². The van der Waals surface area contributed by atoms with Gasteiger partial charge in [0.2, 0.25) is 0 Å². The fourth-order valence-electron chi connectivity index (χ4n) is 9.82. The summed E-state index contributed by atoms with van der Waals surface area (Å²) in [4.78, 5) is 0. The Morgan fingerprint density at radius 2 is 0.732 bits per heavy atom. The quantitative estimate of drug-likeness (QED) is 0.168. The van der Waals surface area contributed by atoms with Gasteiger partial charge in [0.25, 0.3) is 0 Å². The maximum absolute atomic E-state index is 4.46. The normalized spacial score (nSPS) is 19.9. The lowest BCUT2D eigenvalue weighted by Crippen LogP contribution is -2.29. The van der Waals surface area contributed by atoms with E-state index in [4.69, 9.17) is 0 Å². The van der Waals surface area contributed by atoms with Crippen molar-refractivity contribution < 1.29 is 0 Å². The summed E-state index contributed by atoms with van der Waals surface area (Å²) in [5.74, 6) is 0. The van der Waals surface area contributed by atoms with Gasteiger partial charge in [0, 0.05) is 15.3 Å². The molecule has 2 spiro atoms. The van der Waals surface area contributed by atoms with E-state index in [1.54, 1.807) is 0 Å². The standard InChI is InChI=1S/C40H33Br/c1-37(2)22-39(28-17-9-5-13-24(28)25-14-6-10-18-29(25)39)34-32(37)21-33-35(36(34)41)40(23-38(33,3)4)30-19-11-7-15-26(30)27-16-8-12-20-31(27)40/h5-21H,22-23H2,1-4H3. The van der Waals surface area contributed by atoms with Gasteiger partial charge in [-0.1, -0.05) is 147 Å². The van der Waals surface area contributed by atoms with Crippen LogP contribution in [0.5, 0.6) is 0 Å². The van der Waals surface area contributed by atoms with Gasteiger partial charge >= 0.3 is 0 Å². The second kappa shape index (κ2) is 7.50. The van der Waals surface area contributed by atoms with Crippen LogP contribution in [-0.4, -0.2) is 0 Å². The van der Waals surface area contributed by atoms with E-state index < -0.39 is 0 Å². The van der Waals surface area contributed by atoms with E-state index in [0.29, 0.717) is 0 Å². The molecule has 0 heterocycles. The van der Waals surface area contributed by atoms with Crippen molar-refractivity contribution in [3.05, 3.63) is 152 Å². The summed E-state index contributed by atoms with van der Waals surface area (Å²) >= 11 is 4.46. The highest BCUT2D eigenvalue weighted by atomic mass is 79.9. The molecule has 0 unspecified atom stereocenters. The predicted molar refractivity (Wildman–Crippen MR) is 173 cm³/mol. The topological polar surface area (TPSA) is 0 Å². The third-order valence-electron chi connectivity index (χ3n) is 11.1. The van der Waals surface area contributed by atoms with Gasteiger partial charge in [0.15, 0.2) is 0 Å². The van der Waals surface area contributed by atoms with Gasteiger partial charge in [-0.05, 0) is 90.4 Å². The average molecular weight is 594 g/mol. The van der Waals surface area contributed by atoms with Crippen LogP contribution in [0.2, 0.25) is 0 Å². The molecule has 1 heteroatoms. The van der Waals surface area contributed by atoms with Crippen molar-refractivity contribution in [1.29, 1.82) is 0 Å². The van der Waals surface area contributed by atoms with Gasteiger partial charge in [-0.25, -0.2) is 0 Å². The van der Waals surface area contributed by atoms with Crippen molar-refractivity contribution in [1.82, 2.24) is 0 Å². The van der Waals surface area contributed by atoms with Crippen LogP contribution in [0, 0.1) is 0 Å². The van der Waals surface area contributed by atoms with Crippen molar-refractivity contribution >= 4 is 15.9 Å². The largest absolute Gasteiger partial charge is 0.0619 e. The summed E-state index contributed by atoms with van der Waals surface area (Å²) < 4.78 is 1.33. The third-order valence-corrected chi connectivity index (χ3v) is 11.9. The Bertz CT molecular complexity index is 1740. The monoisotopic (exact) mass is 592 g/mol. The van der Waals surface area contributed by atoms with Gasteiger partial charge in [0.05, 0.1) is 0 Å². The van der Waals surface area contributed by atoms with Crippen molar-refractivity contribution in [3.63, 3.8) is 0 Å². The summed E-state index contributed by atoms with van der Waals surface area (Å²) in [6, 6.07) is 39.4. The zero-order valence-electron chi connectivity index (χ0n) is 24.1. The fraction of sp³-hybridized carbons (Fsp3) is 0.250. The van der Waals surface area contributed by atoms with Crippen molar-refractivity contribution in [3.8, 4) is 22.3 Å². The molecule has 0 bridgehead atoms. The third kappa shape index (κ3) is 2.65. The SMILES string of the molecule is CC1(C)CC2(c3ccccc3-c3ccccc32)c2c1cc1c(c2Br)C2(CC1(C)C)c1ccccc1-c1ccccc12. The Hall–Kier alpha value is -3.42. The van der Waals surface area contributed by atoms with Crippen LogP contribution >= 0.6 is 15.9 Å². The van der Waals surface area contributed by atoms with E-state index in [-0.39, 0.29) is 21.7 Å². The smallest absolute Gasteiger partial charge is 0.0486 e. The summed E-state index contributed by atoms with van der Waals surface area (Å²) in [6.07, 6.45) is 2.15. The molecule has 4 aliphatic rings. The minimum Gasteiger partial charge on any atom is -0.0619 e. The van der Waals surface area contributed by atoms with E-state index in [2.05, 4.69) is 147 Å². The second-order valence-corrected chi connectivity index (χ2v) is 14.9. The van der Waals surface area contributed by atoms with E-state index in [0.717, 1.165) is 12.8 Å². The number of fused-ring (bicyclic) bond motifs is 14. The van der Waals surface area contributed by atoms with Gasteiger partial charge in [-0.15, -0.1) is 0 Å². The zero-order valence-corrected chi connectivity index (χ0v) is 25.7. The predicted octanol–water partition coefficient (Wildman–Crippen LogP) is 10.4. The molecule has 5 aromatic rings. The van der Waals surface area contributed by atoms with Crippen LogP contribution in [0.1, 0.15) is 85.0 Å². The van der Waals surface area contributed by atoms with Crippen LogP contribution in [0.4, 0.5) is 0 Å². The first kappa shape index (κ1) is 24.2. The van der Waals surface area contributed by atoms with Crippen molar-refractivity contribution in [2.45, 2.75) is 62.2 Å². The highest BCUT2D eigenvalue weighted by Crippen LogP contribution is 2.69. The lowest BCUT2D eigenvalue weighted by Gasteiger charge is -2.34. The second-order valence-electron chi connectivity index (χ2n) is 14.1. The molecule has 5 aromatic carbocycles. The molecule has 41 heavy (non-hydrogen) atoms. The molecule has 0 atom stereocenters. The number of hydrogen-bond acceptors (Lipinski definition) is 0. The van der Waals surface area contributed by atoms with Gasteiger partial charge in [-0.3, -0.25) is 0 Å². The lowest BCUT2D eigenvalue weighted by molar-refractivity contribution is 0.440. The minimum absolute atomic E-state index is 0.0365. The van der Waals surface area contributed by atoms with Crippen LogP contribution in [0.25, 0.3) is 22.3 Å². The molecular weight excluding hydrogens is 560 g/mol. The molecule has 0 fully saturated rings. The molecule has 0 radical (unpaired) electrons. The molecule has 0 saturated heterocycles. The number of benzene rings is 5. The van der Waals surface area contributed by atoms with Gasteiger partial charge < -0.3 is 0 Å². The summed E-state index contributed by atoms with van der Waals surface area (Å²) in [7, 11) is 0. The van der Waals surface area contributed by atoms with Gasteiger partial charge in [-0.2, -0.15) is 0 Å². The van der Waals surface area contributed by atoms with E-state index >= 15 is 0 Å². The summed E-state index contributed by atoms with van der Waals surface area (Å²) in [5, 5.41) is 0. The molecule has 0 aliphatic heterocycles. The molecule has 200 valence electrons.